The lowest BCUT2D eigenvalue weighted by Gasteiger charge is -2.04. The first-order valence-electron chi connectivity index (χ1n) is 5.58. The number of aromatic nitrogens is 3. The molecule has 0 saturated heterocycles. The van der Waals surface area contributed by atoms with Crippen LogP contribution in [0.4, 0.5) is 0 Å². The first kappa shape index (κ1) is 13.2. The fraction of sp³-hybridized carbons (Fsp3) is 0.333. The molecule has 0 bridgehead atoms. The van der Waals surface area contributed by atoms with Crippen molar-refractivity contribution >= 4 is 35.1 Å². The molecule has 96 valence electrons. The molecule has 0 fully saturated rings. The molecule has 18 heavy (non-hydrogen) atoms. The van der Waals surface area contributed by atoms with Gasteiger partial charge in [0.25, 0.3) is 0 Å². The van der Waals surface area contributed by atoms with Gasteiger partial charge < -0.3 is 14.3 Å². The number of nitrogens with zero attached hydrogens (tertiary/aromatic N) is 2. The van der Waals surface area contributed by atoms with Gasteiger partial charge in [0.1, 0.15) is 0 Å². The van der Waals surface area contributed by atoms with Crippen molar-refractivity contribution in [2.75, 3.05) is 18.6 Å². The highest BCUT2D eigenvalue weighted by molar-refractivity contribution is 7.99. The van der Waals surface area contributed by atoms with Crippen LogP contribution in [0.2, 0.25) is 0 Å². The molecule has 0 unspecified atom stereocenters. The number of aryl methyl sites for hydroxylation is 1. The summed E-state index contributed by atoms with van der Waals surface area (Å²) < 4.78 is 7.84. The Morgan fingerprint density at radius 3 is 3.17 bits per heavy atom. The average Bonchev–Trinajstić information content (AvgIpc) is 2.70. The van der Waals surface area contributed by atoms with Crippen molar-refractivity contribution in [1.82, 2.24) is 14.5 Å². The van der Waals surface area contributed by atoms with E-state index in [1.165, 1.54) is 0 Å². The van der Waals surface area contributed by atoms with Crippen molar-refractivity contribution in [3.8, 4) is 5.88 Å². The summed E-state index contributed by atoms with van der Waals surface area (Å²) in [5, 5.41) is 0. The largest absolute Gasteiger partial charge is 0.481 e. The number of hydrogen-bond donors (Lipinski definition) is 1. The smallest absolute Gasteiger partial charge is 0.215 e. The Morgan fingerprint density at radius 1 is 1.61 bits per heavy atom. The third-order valence-electron chi connectivity index (χ3n) is 2.50. The molecule has 0 spiro atoms. The zero-order valence-corrected chi connectivity index (χ0v) is 11.8. The van der Waals surface area contributed by atoms with Gasteiger partial charge in [0.2, 0.25) is 5.88 Å². The van der Waals surface area contributed by atoms with Crippen molar-refractivity contribution in [2.24, 2.45) is 0 Å². The number of imidazole rings is 1. The van der Waals surface area contributed by atoms with Gasteiger partial charge in [0, 0.05) is 24.1 Å². The molecule has 6 heteroatoms. The molecule has 0 aliphatic heterocycles. The van der Waals surface area contributed by atoms with Gasteiger partial charge in [-0.05, 0) is 18.3 Å². The van der Waals surface area contributed by atoms with Crippen LogP contribution in [0, 0.1) is 4.77 Å². The number of rotatable bonds is 6. The highest BCUT2D eigenvalue weighted by atomic mass is 32.2. The molecular weight excluding hydrogens is 266 g/mol. The Balaban J connectivity index is 2.27. The summed E-state index contributed by atoms with van der Waals surface area (Å²) in [6, 6.07) is 3.76. The number of ether oxygens (including phenoxy) is 1. The Labute approximate surface area is 115 Å². The Kier molecular flexibility index (Phi) is 4.43. The number of nitrogens with one attached hydrogen (secondary N) is 1. The quantitative estimate of drug-likeness (QED) is 0.502. The third-order valence-corrected chi connectivity index (χ3v) is 3.76. The number of aromatic amines is 1. The zero-order chi connectivity index (χ0) is 13.0. The summed E-state index contributed by atoms with van der Waals surface area (Å²) in [4.78, 5) is 7.58. The highest BCUT2D eigenvalue weighted by Crippen LogP contribution is 2.17. The number of hydrogen-bond acceptors (Lipinski definition) is 4. The van der Waals surface area contributed by atoms with E-state index in [0.717, 1.165) is 29.2 Å². The van der Waals surface area contributed by atoms with Gasteiger partial charge in [-0.1, -0.05) is 6.08 Å². The molecule has 0 amide bonds. The lowest BCUT2D eigenvalue weighted by molar-refractivity contribution is 0.399. The SMILES string of the molecule is C=CCSCCn1c(=S)[nH]c2ccc(OC)nc21. The molecule has 2 heterocycles. The lowest BCUT2D eigenvalue weighted by atomic mass is 10.4. The second-order valence-corrected chi connectivity index (χ2v) is 5.21. The highest BCUT2D eigenvalue weighted by Gasteiger charge is 2.06. The second-order valence-electron chi connectivity index (χ2n) is 3.67. The van der Waals surface area contributed by atoms with Crippen LogP contribution in [0.25, 0.3) is 11.2 Å². The first-order chi connectivity index (χ1) is 8.76. The lowest BCUT2D eigenvalue weighted by Crippen LogP contribution is -2.02. The van der Waals surface area contributed by atoms with Crippen LogP contribution in [0.1, 0.15) is 0 Å². The van der Waals surface area contributed by atoms with Gasteiger partial charge in [-0.2, -0.15) is 16.7 Å². The van der Waals surface area contributed by atoms with Gasteiger partial charge in [0.05, 0.1) is 12.6 Å². The van der Waals surface area contributed by atoms with Crippen LogP contribution in [-0.4, -0.2) is 33.2 Å². The van der Waals surface area contributed by atoms with Crippen LogP contribution < -0.4 is 4.74 Å². The van der Waals surface area contributed by atoms with E-state index in [-0.39, 0.29) is 0 Å². The monoisotopic (exact) mass is 281 g/mol. The molecule has 0 aromatic carbocycles. The topological polar surface area (TPSA) is 42.8 Å². The molecule has 0 radical (unpaired) electrons. The van der Waals surface area contributed by atoms with Gasteiger partial charge in [-0.3, -0.25) is 0 Å². The van der Waals surface area contributed by atoms with Crippen molar-refractivity contribution in [1.29, 1.82) is 0 Å². The standard InChI is InChI=1S/C12H15N3OS2/c1-3-7-18-8-6-15-11-9(13-12(15)17)4-5-10(14-11)16-2/h3-5H,1,6-8H2,2H3,(H,13,17). The van der Waals surface area contributed by atoms with Crippen molar-refractivity contribution in [3.05, 3.63) is 29.6 Å². The molecular formula is C12H15N3OS2. The maximum Gasteiger partial charge on any atom is 0.215 e. The molecule has 2 aromatic heterocycles. The van der Waals surface area contributed by atoms with Gasteiger partial charge in [-0.25, -0.2) is 0 Å². The Hall–Kier alpha value is -1.27. The van der Waals surface area contributed by atoms with Crippen molar-refractivity contribution in [2.45, 2.75) is 6.54 Å². The number of thioether (sulfide) groups is 1. The van der Waals surface area contributed by atoms with Crippen LogP contribution in [0.15, 0.2) is 24.8 Å². The molecule has 0 aliphatic rings. The molecule has 0 saturated carbocycles. The first-order valence-corrected chi connectivity index (χ1v) is 7.14. The maximum absolute atomic E-state index is 5.31. The van der Waals surface area contributed by atoms with E-state index < -0.39 is 0 Å². The zero-order valence-electron chi connectivity index (χ0n) is 10.2. The average molecular weight is 281 g/mol. The number of H-pyrrole nitrogens is 1. The molecule has 1 N–H and O–H groups in total. The second kappa shape index (κ2) is 6.06. The van der Waals surface area contributed by atoms with Gasteiger partial charge >= 0.3 is 0 Å². The van der Waals surface area contributed by atoms with Gasteiger partial charge in [0.15, 0.2) is 10.4 Å². The third kappa shape index (κ3) is 2.76. The summed E-state index contributed by atoms with van der Waals surface area (Å²) >= 11 is 7.13. The normalized spacial score (nSPS) is 10.7. The van der Waals surface area contributed by atoms with Crippen molar-refractivity contribution in [3.63, 3.8) is 0 Å². The number of methoxy groups -OCH3 is 1. The summed E-state index contributed by atoms with van der Waals surface area (Å²) in [7, 11) is 1.61. The summed E-state index contributed by atoms with van der Waals surface area (Å²) in [6.45, 7) is 4.53. The minimum Gasteiger partial charge on any atom is -0.481 e. The molecule has 0 atom stereocenters. The van der Waals surface area contributed by atoms with E-state index >= 15 is 0 Å². The van der Waals surface area contributed by atoms with E-state index in [4.69, 9.17) is 17.0 Å². The van der Waals surface area contributed by atoms with Gasteiger partial charge in [-0.15, -0.1) is 6.58 Å². The van der Waals surface area contributed by atoms with Crippen LogP contribution in [-0.2, 0) is 6.54 Å². The number of fused-ring (bicyclic) bond motifs is 1. The van der Waals surface area contributed by atoms with E-state index in [9.17, 15) is 0 Å². The molecule has 2 aromatic rings. The Bertz CT molecular complexity index is 603. The Morgan fingerprint density at radius 2 is 2.44 bits per heavy atom. The predicted molar refractivity (Wildman–Crippen MR) is 79.0 cm³/mol. The fourth-order valence-electron chi connectivity index (χ4n) is 1.66. The fourth-order valence-corrected chi connectivity index (χ4v) is 2.59. The molecule has 2 rings (SSSR count). The summed E-state index contributed by atoms with van der Waals surface area (Å²) in [5.41, 5.74) is 1.79. The van der Waals surface area contributed by atoms with E-state index in [0.29, 0.717) is 10.7 Å². The van der Waals surface area contributed by atoms with E-state index in [2.05, 4.69) is 16.5 Å². The summed E-state index contributed by atoms with van der Waals surface area (Å²) in [6.07, 6.45) is 1.90. The van der Waals surface area contributed by atoms with Crippen LogP contribution in [0.3, 0.4) is 0 Å². The van der Waals surface area contributed by atoms with Crippen molar-refractivity contribution < 1.29 is 4.74 Å². The van der Waals surface area contributed by atoms with Crippen LogP contribution >= 0.6 is 24.0 Å². The minimum absolute atomic E-state index is 0.601. The van der Waals surface area contributed by atoms with E-state index in [1.807, 2.05) is 34.5 Å². The van der Waals surface area contributed by atoms with Crippen LogP contribution in [0.5, 0.6) is 5.88 Å². The molecule has 4 nitrogen and oxygen atoms in total. The molecule has 0 aliphatic carbocycles. The maximum atomic E-state index is 5.31. The number of pyridine rings is 1. The summed E-state index contributed by atoms with van der Waals surface area (Å²) in [5.74, 6) is 2.53. The minimum atomic E-state index is 0.601. The predicted octanol–water partition coefficient (Wildman–Crippen LogP) is 3.02. The van der Waals surface area contributed by atoms with E-state index in [1.54, 1.807) is 7.11 Å².